The van der Waals surface area contributed by atoms with Crippen molar-refractivity contribution in [3.8, 4) is 0 Å². The van der Waals surface area contributed by atoms with Gasteiger partial charge in [-0.3, -0.25) is 9.59 Å². The van der Waals surface area contributed by atoms with Gasteiger partial charge in [0.1, 0.15) is 0 Å². The second-order valence-corrected chi connectivity index (χ2v) is 7.64. The van der Waals surface area contributed by atoms with E-state index in [1.807, 2.05) is 15.9 Å². The quantitative estimate of drug-likeness (QED) is 0.924. The second-order valence-electron chi connectivity index (χ2n) is 7.64. The van der Waals surface area contributed by atoms with E-state index in [1.54, 1.807) is 18.5 Å². The first-order valence-corrected chi connectivity index (χ1v) is 9.34. The number of benzene rings is 1. The Balaban J connectivity index is 1.40. The summed E-state index contributed by atoms with van der Waals surface area (Å²) in [6.45, 7) is 4.91. The number of hydrogen-bond donors (Lipinski definition) is 1. The van der Waals surface area contributed by atoms with Gasteiger partial charge in [0.2, 0.25) is 5.91 Å². The molecule has 0 radical (unpaired) electrons. The first kappa shape index (κ1) is 16.9. The smallest absolute Gasteiger partial charge is 0.255 e. The molecule has 1 spiro atoms. The lowest BCUT2D eigenvalue weighted by atomic mass is 9.77. The minimum atomic E-state index is -0.265. The molecule has 3 heterocycles. The second kappa shape index (κ2) is 6.63. The van der Waals surface area contributed by atoms with E-state index < -0.39 is 0 Å². The van der Waals surface area contributed by atoms with Crippen molar-refractivity contribution in [3.05, 3.63) is 59.4 Å². The van der Waals surface area contributed by atoms with Crippen LogP contribution in [0.25, 0.3) is 0 Å². The van der Waals surface area contributed by atoms with Crippen molar-refractivity contribution in [1.29, 1.82) is 0 Å². The summed E-state index contributed by atoms with van der Waals surface area (Å²) in [7, 11) is 0. The highest BCUT2D eigenvalue weighted by Gasteiger charge is 2.48. The minimum absolute atomic E-state index is 0.0585. The van der Waals surface area contributed by atoms with Gasteiger partial charge in [-0.2, -0.15) is 0 Å². The molecule has 0 bridgehead atoms. The molecule has 0 unspecified atom stereocenters. The van der Waals surface area contributed by atoms with Crippen LogP contribution in [-0.4, -0.2) is 46.2 Å². The zero-order chi connectivity index (χ0) is 18.1. The van der Waals surface area contributed by atoms with E-state index in [9.17, 15) is 9.59 Å². The molecule has 0 aliphatic carbocycles. The highest BCUT2D eigenvalue weighted by Crippen LogP contribution is 2.42. The van der Waals surface area contributed by atoms with Crippen LogP contribution >= 0.6 is 0 Å². The summed E-state index contributed by atoms with van der Waals surface area (Å²) in [4.78, 5) is 32.4. The maximum atomic E-state index is 13.1. The van der Waals surface area contributed by atoms with Gasteiger partial charge in [-0.25, -0.2) is 0 Å². The lowest BCUT2D eigenvalue weighted by molar-refractivity contribution is -0.138. The molecule has 5 heteroatoms. The third kappa shape index (κ3) is 3.02. The number of piperidine rings is 1. The van der Waals surface area contributed by atoms with Crippen LogP contribution in [-0.2, 0) is 11.3 Å². The fraction of sp³-hybridized carbons (Fsp3) is 0.429. The number of nitrogens with zero attached hydrogens (tertiary/aromatic N) is 2. The summed E-state index contributed by atoms with van der Waals surface area (Å²) in [5, 5.41) is 0. The van der Waals surface area contributed by atoms with Gasteiger partial charge in [-0.1, -0.05) is 29.8 Å². The van der Waals surface area contributed by atoms with E-state index in [2.05, 4.69) is 30.1 Å². The summed E-state index contributed by atoms with van der Waals surface area (Å²) >= 11 is 0. The largest absolute Gasteiger partial charge is 0.367 e. The van der Waals surface area contributed by atoms with Crippen molar-refractivity contribution >= 4 is 11.8 Å². The van der Waals surface area contributed by atoms with E-state index in [4.69, 9.17) is 0 Å². The number of carbonyl (C=O) groups is 2. The fourth-order valence-electron chi connectivity index (χ4n) is 4.32. The summed E-state index contributed by atoms with van der Waals surface area (Å²) in [6.07, 6.45) is 5.95. The molecule has 1 aromatic heterocycles. The van der Waals surface area contributed by atoms with Gasteiger partial charge in [0, 0.05) is 38.6 Å². The molecule has 26 heavy (non-hydrogen) atoms. The molecule has 2 fully saturated rings. The number of amides is 2. The number of rotatable bonds is 3. The van der Waals surface area contributed by atoms with Gasteiger partial charge < -0.3 is 14.8 Å². The van der Waals surface area contributed by atoms with Crippen molar-refractivity contribution in [1.82, 2.24) is 14.8 Å². The van der Waals surface area contributed by atoms with Crippen LogP contribution in [0.5, 0.6) is 0 Å². The summed E-state index contributed by atoms with van der Waals surface area (Å²) in [5.41, 5.74) is 2.84. The molecule has 4 rings (SSSR count). The molecule has 5 nitrogen and oxygen atoms in total. The van der Waals surface area contributed by atoms with Crippen LogP contribution in [0.15, 0.2) is 42.7 Å². The monoisotopic (exact) mass is 351 g/mol. The Labute approximate surface area is 154 Å². The lowest BCUT2D eigenvalue weighted by Crippen LogP contribution is -2.46. The Kier molecular flexibility index (Phi) is 4.31. The number of nitrogens with one attached hydrogen (secondary N) is 1. The van der Waals surface area contributed by atoms with Crippen molar-refractivity contribution in [2.75, 3.05) is 19.6 Å². The fourth-order valence-corrected chi connectivity index (χ4v) is 4.32. The number of carbonyl (C=O) groups excluding carboxylic acids is 2. The van der Waals surface area contributed by atoms with E-state index in [0.29, 0.717) is 25.2 Å². The average Bonchev–Trinajstić information content (AvgIpc) is 3.27. The Morgan fingerprint density at radius 1 is 1.15 bits per heavy atom. The normalized spacial score (nSPS) is 19.3. The molecule has 2 saturated heterocycles. The van der Waals surface area contributed by atoms with Crippen LogP contribution < -0.4 is 0 Å². The van der Waals surface area contributed by atoms with Gasteiger partial charge in [-0.15, -0.1) is 0 Å². The van der Waals surface area contributed by atoms with Gasteiger partial charge in [0.05, 0.1) is 11.0 Å². The SMILES string of the molecule is Cc1cccc(CN2CCC3(CCN(C(=O)c4cc[nH]c4)CC3)C2=O)c1. The van der Waals surface area contributed by atoms with Crippen molar-refractivity contribution < 1.29 is 9.59 Å². The molecule has 0 saturated carbocycles. The standard InChI is InChI=1S/C21H25N3O2/c1-16-3-2-4-17(13-16)15-24-12-8-21(20(24)26)6-10-23(11-7-21)19(25)18-5-9-22-14-18/h2-5,9,13-14,22H,6-8,10-12,15H2,1H3. The number of H-pyrrole nitrogens is 1. The Bertz CT molecular complexity index is 804. The number of aryl methyl sites for hydroxylation is 1. The molecule has 2 amide bonds. The molecule has 2 aliphatic rings. The molecular formula is C21H25N3O2. The molecule has 1 N–H and O–H groups in total. The number of aromatic nitrogens is 1. The summed E-state index contributed by atoms with van der Waals surface area (Å²) in [6, 6.07) is 10.2. The highest BCUT2D eigenvalue weighted by atomic mass is 16.2. The minimum Gasteiger partial charge on any atom is -0.367 e. The van der Waals surface area contributed by atoms with E-state index in [0.717, 1.165) is 25.8 Å². The van der Waals surface area contributed by atoms with Crippen molar-refractivity contribution in [2.24, 2.45) is 5.41 Å². The summed E-state index contributed by atoms with van der Waals surface area (Å²) < 4.78 is 0. The number of hydrogen-bond acceptors (Lipinski definition) is 2. The first-order chi connectivity index (χ1) is 12.6. The zero-order valence-corrected chi connectivity index (χ0v) is 15.2. The van der Waals surface area contributed by atoms with Crippen LogP contribution in [0.1, 0.15) is 40.7 Å². The third-order valence-corrected chi connectivity index (χ3v) is 5.91. The Morgan fingerprint density at radius 2 is 1.92 bits per heavy atom. The highest BCUT2D eigenvalue weighted by molar-refractivity contribution is 5.94. The van der Waals surface area contributed by atoms with Crippen LogP contribution in [0.4, 0.5) is 0 Å². The molecular weight excluding hydrogens is 326 g/mol. The zero-order valence-electron chi connectivity index (χ0n) is 15.2. The topological polar surface area (TPSA) is 56.4 Å². The maximum absolute atomic E-state index is 13.1. The van der Waals surface area contributed by atoms with E-state index >= 15 is 0 Å². The van der Waals surface area contributed by atoms with Gasteiger partial charge in [0.25, 0.3) is 5.91 Å². The van der Waals surface area contributed by atoms with Crippen molar-refractivity contribution in [2.45, 2.75) is 32.7 Å². The van der Waals surface area contributed by atoms with E-state index in [1.165, 1.54) is 11.1 Å². The van der Waals surface area contributed by atoms with Gasteiger partial charge in [-0.05, 0) is 37.8 Å². The van der Waals surface area contributed by atoms with Crippen molar-refractivity contribution in [3.63, 3.8) is 0 Å². The van der Waals surface area contributed by atoms with Crippen LogP contribution in [0.3, 0.4) is 0 Å². The average molecular weight is 351 g/mol. The maximum Gasteiger partial charge on any atom is 0.255 e. The Morgan fingerprint density at radius 3 is 2.62 bits per heavy atom. The molecule has 0 atom stereocenters. The van der Waals surface area contributed by atoms with Gasteiger partial charge >= 0.3 is 0 Å². The van der Waals surface area contributed by atoms with Gasteiger partial charge in [0.15, 0.2) is 0 Å². The van der Waals surface area contributed by atoms with Crippen LogP contribution in [0, 0.1) is 12.3 Å². The third-order valence-electron chi connectivity index (χ3n) is 5.91. The number of aromatic amines is 1. The Hall–Kier alpha value is -2.56. The molecule has 2 aliphatic heterocycles. The predicted octanol–water partition coefficient (Wildman–Crippen LogP) is 2.98. The lowest BCUT2D eigenvalue weighted by Gasteiger charge is -2.38. The number of likely N-dealkylation sites (tertiary alicyclic amines) is 2. The van der Waals surface area contributed by atoms with Crippen LogP contribution in [0.2, 0.25) is 0 Å². The predicted molar refractivity (Wildman–Crippen MR) is 99.6 cm³/mol. The molecule has 1 aromatic carbocycles. The van der Waals surface area contributed by atoms with E-state index in [-0.39, 0.29) is 17.2 Å². The first-order valence-electron chi connectivity index (χ1n) is 9.34. The summed E-state index contributed by atoms with van der Waals surface area (Å²) in [5.74, 6) is 0.330. The molecule has 2 aromatic rings. The molecule has 136 valence electrons.